The summed E-state index contributed by atoms with van der Waals surface area (Å²) in [6.45, 7) is 0. The van der Waals surface area contributed by atoms with E-state index in [1.165, 1.54) is 0 Å². The topological polar surface area (TPSA) is 104 Å². The maximum absolute atomic E-state index is 12.8. The first-order valence-electron chi connectivity index (χ1n) is 5.17. The number of carboxylic acids is 1. The standard InChI is InChI=1S/C11H12F3NO4/c12-11(13,14)7-3-5(15)1-2-6(7)10(19)8(16)4-9(17)18/h1-3,8,10,16,19H,4,15H2,(H,17,18). The molecular formula is C11H12F3NO4. The molecule has 0 radical (unpaired) electrons. The Morgan fingerprint density at radius 1 is 1.32 bits per heavy atom. The Balaban J connectivity index is 3.16. The summed E-state index contributed by atoms with van der Waals surface area (Å²) in [4.78, 5) is 10.4. The van der Waals surface area contributed by atoms with E-state index in [1.54, 1.807) is 0 Å². The highest BCUT2D eigenvalue weighted by atomic mass is 19.4. The molecule has 0 aliphatic rings. The number of benzene rings is 1. The van der Waals surface area contributed by atoms with E-state index in [0.29, 0.717) is 6.07 Å². The van der Waals surface area contributed by atoms with Crippen LogP contribution in [0.3, 0.4) is 0 Å². The number of aliphatic hydroxyl groups is 2. The molecule has 106 valence electrons. The Bertz CT molecular complexity index is 475. The van der Waals surface area contributed by atoms with Crippen LogP contribution >= 0.6 is 0 Å². The number of hydrogen-bond acceptors (Lipinski definition) is 4. The number of hydrogen-bond donors (Lipinski definition) is 4. The second kappa shape index (κ2) is 5.45. The normalized spacial score (nSPS) is 15.0. The van der Waals surface area contributed by atoms with E-state index >= 15 is 0 Å². The molecule has 0 heterocycles. The first-order chi connectivity index (χ1) is 8.62. The van der Waals surface area contributed by atoms with Crippen LogP contribution in [0.2, 0.25) is 0 Å². The van der Waals surface area contributed by atoms with Gasteiger partial charge in [0.15, 0.2) is 0 Å². The number of aliphatic hydroxyl groups excluding tert-OH is 2. The molecule has 1 rings (SSSR count). The van der Waals surface area contributed by atoms with E-state index in [1.807, 2.05) is 0 Å². The monoisotopic (exact) mass is 279 g/mol. The Morgan fingerprint density at radius 3 is 2.37 bits per heavy atom. The third-order valence-corrected chi connectivity index (χ3v) is 2.45. The van der Waals surface area contributed by atoms with Crippen LogP contribution in [0.5, 0.6) is 0 Å². The van der Waals surface area contributed by atoms with Gasteiger partial charge >= 0.3 is 12.1 Å². The zero-order valence-electron chi connectivity index (χ0n) is 9.55. The van der Waals surface area contributed by atoms with Crippen molar-refractivity contribution < 1.29 is 33.3 Å². The Hall–Kier alpha value is -1.80. The number of anilines is 1. The van der Waals surface area contributed by atoms with Crippen LogP contribution in [0, 0.1) is 0 Å². The number of nitrogen functional groups attached to an aromatic ring is 1. The highest BCUT2D eigenvalue weighted by Gasteiger charge is 2.36. The van der Waals surface area contributed by atoms with Gasteiger partial charge in [-0.1, -0.05) is 6.07 Å². The van der Waals surface area contributed by atoms with Gasteiger partial charge < -0.3 is 21.1 Å². The van der Waals surface area contributed by atoms with Gasteiger partial charge in [0, 0.05) is 5.69 Å². The lowest BCUT2D eigenvalue weighted by Crippen LogP contribution is -2.24. The van der Waals surface area contributed by atoms with E-state index in [0.717, 1.165) is 12.1 Å². The Labute approximate surface area is 106 Å². The lowest BCUT2D eigenvalue weighted by atomic mass is 9.96. The van der Waals surface area contributed by atoms with Gasteiger partial charge in [0.25, 0.3) is 0 Å². The van der Waals surface area contributed by atoms with E-state index in [9.17, 15) is 28.2 Å². The van der Waals surface area contributed by atoms with Crippen LogP contribution in [-0.4, -0.2) is 27.4 Å². The smallest absolute Gasteiger partial charge is 0.416 e. The molecule has 0 aliphatic carbocycles. The van der Waals surface area contributed by atoms with Gasteiger partial charge in [-0.3, -0.25) is 4.79 Å². The maximum atomic E-state index is 12.8. The zero-order chi connectivity index (χ0) is 14.8. The molecule has 0 amide bonds. The van der Waals surface area contributed by atoms with Gasteiger partial charge in [-0.05, 0) is 17.7 Å². The molecule has 0 aliphatic heterocycles. The third-order valence-electron chi connectivity index (χ3n) is 2.45. The average Bonchev–Trinajstić information content (AvgIpc) is 2.25. The number of carboxylic acid groups (broad SMARTS) is 1. The molecule has 1 aromatic carbocycles. The van der Waals surface area contributed by atoms with Gasteiger partial charge in [0.05, 0.1) is 18.1 Å². The molecule has 19 heavy (non-hydrogen) atoms. The molecule has 0 aromatic heterocycles. The number of rotatable bonds is 4. The maximum Gasteiger partial charge on any atom is 0.416 e. The summed E-state index contributed by atoms with van der Waals surface area (Å²) in [5, 5.41) is 27.4. The molecule has 0 saturated heterocycles. The van der Waals surface area contributed by atoms with Crippen LogP contribution < -0.4 is 5.73 Å². The van der Waals surface area contributed by atoms with Crippen LogP contribution in [0.4, 0.5) is 18.9 Å². The van der Waals surface area contributed by atoms with Crippen molar-refractivity contribution in [1.29, 1.82) is 0 Å². The van der Waals surface area contributed by atoms with E-state index in [-0.39, 0.29) is 5.69 Å². The van der Waals surface area contributed by atoms with Crippen molar-refractivity contribution in [3.05, 3.63) is 29.3 Å². The molecule has 0 fully saturated rings. The number of aliphatic carboxylic acids is 1. The van der Waals surface area contributed by atoms with E-state index < -0.39 is 41.9 Å². The van der Waals surface area contributed by atoms with Crippen molar-refractivity contribution in [2.45, 2.75) is 24.8 Å². The van der Waals surface area contributed by atoms with Crippen molar-refractivity contribution >= 4 is 11.7 Å². The predicted octanol–water partition coefficient (Wildman–Crippen LogP) is 1.16. The quantitative estimate of drug-likeness (QED) is 0.619. The highest BCUT2D eigenvalue weighted by Crippen LogP contribution is 2.37. The fourth-order valence-corrected chi connectivity index (χ4v) is 1.58. The van der Waals surface area contributed by atoms with Gasteiger partial charge in [0.2, 0.25) is 0 Å². The third kappa shape index (κ3) is 3.83. The molecule has 0 bridgehead atoms. The van der Waals surface area contributed by atoms with Crippen LogP contribution in [0.15, 0.2) is 18.2 Å². The average molecular weight is 279 g/mol. The Kier molecular flexibility index (Phi) is 4.38. The Morgan fingerprint density at radius 2 is 1.89 bits per heavy atom. The summed E-state index contributed by atoms with van der Waals surface area (Å²) in [5.74, 6) is -1.43. The fourth-order valence-electron chi connectivity index (χ4n) is 1.58. The summed E-state index contributed by atoms with van der Waals surface area (Å²) in [7, 11) is 0. The second-order valence-electron chi connectivity index (χ2n) is 3.95. The van der Waals surface area contributed by atoms with Crippen molar-refractivity contribution in [2.75, 3.05) is 5.73 Å². The zero-order valence-corrected chi connectivity index (χ0v) is 9.55. The first-order valence-corrected chi connectivity index (χ1v) is 5.17. The minimum absolute atomic E-state index is 0.156. The van der Waals surface area contributed by atoms with Crippen molar-refractivity contribution in [3.63, 3.8) is 0 Å². The van der Waals surface area contributed by atoms with Crippen molar-refractivity contribution in [2.24, 2.45) is 0 Å². The van der Waals surface area contributed by atoms with E-state index in [2.05, 4.69) is 0 Å². The summed E-state index contributed by atoms with van der Waals surface area (Å²) >= 11 is 0. The number of alkyl halides is 3. The van der Waals surface area contributed by atoms with Crippen LogP contribution in [0.25, 0.3) is 0 Å². The minimum Gasteiger partial charge on any atom is -0.481 e. The fraction of sp³-hybridized carbons (Fsp3) is 0.364. The van der Waals surface area contributed by atoms with Gasteiger partial charge in [-0.2, -0.15) is 13.2 Å². The highest BCUT2D eigenvalue weighted by molar-refractivity contribution is 5.67. The SMILES string of the molecule is Nc1ccc(C(O)C(O)CC(=O)O)c(C(F)(F)F)c1. The molecule has 2 atom stereocenters. The molecule has 5 N–H and O–H groups in total. The van der Waals surface area contributed by atoms with Crippen molar-refractivity contribution in [3.8, 4) is 0 Å². The van der Waals surface area contributed by atoms with Gasteiger partial charge in [0.1, 0.15) is 6.10 Å². The molecular weight excluding hydrogens is 267 g/mol. The molecule has 0 saturated carbocycles. The molecule has 2 unspecified atom stereocenters. The van der Waals surface area contributed by atoms with Crippen LogP contribution in [-0.2, 0) is 11.0 Å². The van der Waals surface area contributed by atoms with Crippen molar-refractivity contribution in [1.82, 2.24) is 0 Å². The molecule has 1 aromatic rings. The van der Waals surface area contributed by atoms with Gasteiger partial charge in [-0.25, -0.2) is 0 Å². The summed E-state index contributed by atoms with van der Waals surface area (Å²) in [6, 6.07) is 2.65. The summed E-state index contributed by atoms with van der Waals surface area (Å²) in [5.41, 5.74) is 3.27. The largest absolute Gasteiger partial charge is 0.481 e. The van der Waals surface area contributed by atoms with Gasteiger partial charge in [-0.15, -0.1) is 0 Å². The predicted molar refractivity (Wildman–Crippen MR) is 59.1 cm³/mol. The molecule has 8 heteroatoms. The lowest BCUT2D eigenvalue weighted by Gasteiger charge is -2.21. The minimum atomic E-state index is -4.77. The van der Waals surface area contributed by atoms with Crippen LogP contribution in [0.1, 0.15) is 23.7 Å². The summed E-state index contributed by atoms with van der Waals surface area (Å²) < 4.78 is 38.3. The number of halogens is 3. The molecule has 0 spiro atoms. The van der Waals surface area contributed by atoms with E-state index in [4.69, 9.17) is 10.8 Å². The molecule has 5 nitrogen and oxygen atoms in total. The summed E-state index contributed by atoms with van der Waals surface area (Å²) in [6.07, 6.45) is -9.45. The number of nitrogens with two attached hydrogens (primary N) is 1. The second-order valence-corrected chi connectivity index (χ2v) is 3.95. The number of carbonyl (C=O) groups is 1. The lowest BCUT2D eigenvalue weighted by molar-refractivity contribution is -0.142. The first kappa shape index (κ1) is 15.3.